The van der Waals surface area contributed by atoms with Crippen LogP contribution in [0.1, 0.15) is 22.7 Å². The normalized spacial score (nSPS) is 18.4. The maximum Gasteiger partial charge on any atom is 0.295 e. The molecule has 0 aliphatic carbocycles. The zero-order chi connectivity index (χ0) is 19.5. The van der Waals surface area contributed by atoms with Crippen molar-refractivity contribution in [2.45, 2.75) is 12.6 Å². The van der Waals surface area contributed by atoms with Crippen LogP contribution in [0.3, 0.4) is 0 Å². The van der Waals surface area contributed by atoms with Gasteiger partial charge in [-0.05, 0) is 35.4 Å². The van der Waals surface area contributed by atoms with Gasteiger partial charge in [-0.25, -0.2) is 0 Å². The molecule has 7 heteroatoms. The van der Waals surface area contributed by atoms with Crippen molar-refractivity contribution >= 4 is 17.4 Å². The van der Waals surface area contributed by atoms with E-state index >= 15 is 0 Å². The van der Waals surface area contributed by atoms with Gasteiger partial charge in [0.15, 0.2) is 0 Å². The molecule has 0 radical (unpaired) electrons. The van der Waals surface area contributed by atoms with Crippen molar-refractivity contribution < 1.29 is 14.7 Å². The number of rotatable bonds is 4. The SMILES string of the molecule is O=C1C(=O)N(Cc2cccnc2)C(c2cccnc2)/C1=C(/O)c1ccncc1. The van der Waals surface area contributed by atoms with Crippen LogP contribution in [0.2, 0.25) is 0 Å². The van der Waals surface area contributed by atoms with Crippen LogP contribution in [0.5, 0.6) is 0 Å². The Morgan fingerprint density at radius 1 is 0.929 bits per heavy atom. The molecule has 1 saturated heterocycles. The van der Waals surface area contributed by atoms with E-state index in [4.69, 9.17) is 0 Å². The summed E-state index contributed by atoms with van der Waals surface area (Å²) in [5.41, 5.74) is 1.87. The van der Waals surface area contributed by atoms with E-state index in [1.165, 1.54) is 17.3 Å². The number of hydrogen-bond donors (Lipinski definition) is 1. The largest absolute Gasteiger partial charge is 0.507 e. The number of aromatic nitrogens is 3. The zero-order valence-electron chi connectivity index (χ0n) is 14.8. The van der Waals surface area contributed by atoms with Gasteiger partial charge in [-0.3, -0.25) is 24.5 Å². The fourth-order valence-electron chi connectivity index (χ4n) is 3.28. The highest BCUT2D eigenvalue weighted by Gasteiger charge is 2.46. The number of nitrogens with zero attached hydrogens (tertiary/aromatic N) is 4. The molecular weight excluding hydrogens is 356 g/mol. The Morgan fingerprint density at radius 3 is 2.29 bits per heavy atom. The van der Waals surface area contributed by atoms with E-state index in [9.17, 15) is 14.7 Å². The predicted octanol–water partition coefficient (Wildman–Crippen LogP) is 2.49. The molecule has 3 aromatic rings. The van der Waals surface area contributed by atoms with Crippen molar-refractivity contribution in [1.82, 2.24) is 19.9 Å². The van der Waals surface area contributed by atoms with Crippen molar-refractivity contribution in [1.29, 1.82) is 0 Å². The molecule has 3 aromatic heterocycles. The van der Waals surface area contributed by atoms with E-state index in [0.29, 0.717) is 11.1 Å². The molecule has 7 nitrogen and oxygen atoms in total. The van der Waals surface area contributed by atoms with Crippen LogP contribution in [0.15, 0.2) is 79.2 Å². The molecule has 1 fully saturated rings. The molecule has 4 heterocycles. The summed E-state index contributed by atoms with van der Waals surface area (Å²) in [6, 6.07) is 9.53. The second-order valence-corrected chi connectivity index (χ2v) is 6.31. The van der Waals surface area contributed by atoms with Gasteiger partial charge >= 0.3 is 0 Å². The number of carbonyl (C=O) groups is 2. The van der Waals surface area contributed by atoms with Crippen molar-refractivity contribution in [3.63, 3.8) is 0 Å². The predicted molar refractivity (Wildman–Crippen MR) is 101 cm³/mol. The number of hydrogen-bond acceptors (Lipinski definition) is 6. The lowest BCUT2D eigenvalue weighted by atomic mass is 9.96. The van der Waals surface area contributed by atoms with Crippen LogP contribution in [0.25, 0.3) is 5.76 Å². The van der Waals surface area contributed by atoms with Crippen molar-refractivity contribution in [3.05, 3.63) is 95.8 Å². The van der Waals surface area contributed by atoms with E-state index in [-0.39, 0.29) is 17.9 Å². The topological polar surface area (TPSA) is 96.3 Å². The summed E-state index contributed by atoms with van der Waals surface area (Å²) in [6.45, 7) is 0.186. The molecule has 1 unspecified atom stereocenters. The number of carbonyl (C=O) groups excluding carboxylic acids is 2. The van der Waals surface area contributed by atoms with Crippen molar-refractivity contribution in [3.8, 4) is 0 Å². The highest BCUT2D eigenvalue weighted by atomic mass is 16.3. The molecule has 1 N–H and O–H groups in total. The van der Waals surface area contributed by atoms with Gasteiger partial charge in [0, 0.05) is 49.3 Å². The summed E-state index contributed by atoms with van der Waals surface area (Å²) in [5.74, 6) is -1.64. The van der Waals surface area contributed by atoms with Crippen LogP contribution >= 0.6 is 0 Å². The number of pyridine rings is 3. The Morgan fingerprint density at radius 2 is 1.64 bits per heavy atom. The van der Waals surface area contributed by atoms with Gasteiger partial charge in [0.25, 0.3) is 11.7 Å². The van der Waals surface area contributed by atoms with E-state index < -0.39 is 17.7 Å². The van der Waals surface area contributed by atoms with E-state index in [1.807, 2.05) is 6.07 Å². The van der Waals surface area contributed by atoms with Gasteiger partial charge in [-0.15, -0.1) is 0 Å². The van der Waals surface area contributed by atoms with Crippen LogP contribution in [-0.2, 0) is 16.1 Å². The number of likely N-dealkylation sites (tertiary alicyclic amines) is 1. The first-order valence-corrected chi connectivity index (χ1v) is 8.64. The van der Waals surface area contributed by atoms with Crippen molar-refractivity contribution in [2.24, 2.45) is 0 Å². The first kappa shape index (κ1) is 17.5. The minimum atomic E-state index is -0.748. The van der Waals surface area contributed by atoms with Gasteiger partial charge in [-0.1, -0.05) is 12.1 Å². The Kier molecular flexibility index (Phi) is 4.63. The number of amides is 1. The summed E-state index contributed by atoms with van der Waals surface area (Å²) in [4.78, 5) is 39.2. The third kappa shape index (κ3) is 3.14. The molecular formula is C21H16N4O3. The Balaban J connectivity index is 1.85. The smallest absolute Gasteiger partial charge is 0.295 e. The van der Waals surface area contributed by atoms with Gasteiger partial charge in [0.2, 0.25) is 0 Å². The molecule has 28 heavy (non-hydrogen) atoms. The second-order valence-electron chi connectivity index (χ2n) is 6.31. The summed E-state index contributed by atoms with van der Waals surface area (Å²) in [7, 11) is 0. The van der Waals surface area contributed by atoms with Crippen LogP contribution in [0.4, 0.5) is 0 Å². The van der Waals surface area contributed by atoms with Gasteiger partial charge in [0.1, 0.15) is 5.76 Å². The molecule has 1 aliphatic rings. The summed E-state index contributed by atoms with van der Waals surface area (Å²) < 4.78 is 0. The van der Waals surface area contributed by atoms with E-state index in [0.717, 1.165) is 5.56 Å². The first-order chi connectivity index (χ1) is 13.7. The lowest BCUT2D eigenvalue weighted by Crippen LogP contribution is -2.29. The molecule has 0 spiro atoms. The molecule has 138 valence electrons. The quantitative estimate of drug-likeness (QED) is 0.429. The number of aliphatic hydroxyl groups excluding tert-OH is 1. The second kappa shape index (κ2) is 7.40. The molecule has 4 rings (SSSR count). The molecule has 1 amide bonds. The van der Waals surface area contributed by atoms with Crippen molar-refractivity contribution in [2.75, 3.05) is 0 Å². The number of Topliss-reactive ketones (excluding diaryl/α,β-unsaturated/α-hetero) is 1. The maximum atomic E-state index is 12.8. The molecule has 0 aromatic carbocycles. The van der Waals surface area contributed by atoms with Gasteiger partial charge < -0.3 is 10.0 Å². The highest BCUT2D eigenvalue weighted by molar-refractivity contribution is 6.46. The first-order valence-electron chi connectivity index (χ1n) is 8.64. The van der Waals surface area contributed by atoms with Crippen LogP contribution < -0.4 is 0 Å². The van der Waals surface area contributed by atoms with Gasteiger partial charge in [-0.2, -0.15) is 0 Å². The Bertz CT molecular complexity index is 1040. The van der Waals surface area contributed by atoms with E-state index in [1.54, 1.807) is 55.1 Å². The average molecular weight is 372 g/mol. The zero-order valence-corrected chi connectivity index (χ0v) is 14.8. The Hall–Kier alpha value is -3.87. The fourth-order valence-corrected chi connectivity index (χ4v) is 3.28. The standard InChI is InChI=1S/C21H16N4O3/c26-19(15-5-9-22-10-6-15)17-18(16-4-2-8-24-12-16)25(21(28)20(17)27)13-14-3-1-7-23-11-14/h1-12,18,26H,13H2/b19-17-. The highest BCUT2D eigenvalue weighted by Crippen LogP contribution is 2.39. The molecule has 0 bridgehead atoms. The van der Waals surface area contributed by atoms with E-state index in [2.05, 4.69) is 15.0 Å². The number of aliphatic hydroxyl groups is 1. The third-order valence-electron chi connectivity index (χ3n) is 4.57. The lowest BCUT2D eigenvalue weighted by Gasteiger charge is -2.25. The fraction of sp³-hybridized carbons (Fsp3) is 0.0952. The average Bonchev–Trinajstić information content (AvgIpc) is 3.00. The number of ketones is 1. The Labute approximate surface area is 161 Å². The summed E-state index contributed by atoms with van der Waals surface area (Å²) in [5, 5.41) is 10.8. The summed E-state index contributed by atoms with van der Waals surface area (Å²) >= 11 is 0. The minimum absolute atomic E-state index is 0.0353. The molecule has 0 saturated carbocycles. The van der Waals surface area contributed by atoms with Crippen LogP contribution in [-0.4, -0.2) is 36.6 Å². The molecule has 1 aliphatic heterocycles. The molecule has 1 atom stereocenters. The summed E-state index contributed by atoms with van der Waals surface area (Å²) in [6.07, 6.45) is 9.51. The van der Waals surface area contributed by atoms with Crippen LogP contribution in [0, 0.1) is 0 Å². The van der Waals surface area contributed by atoms with Gasteiger partial charge in [0.05, 0.1) is 11.6 Å². The lowest BCUT2D eigenvalue weighted by molar-refractivity contribution is -0.140. The monoisotopic (exact) mass is 372 g/mol. The third-order valence-corrected chi connectivity index (χ3v) is 4.57. The maximum absolute atomic E-state index is 12.8. The minimum Gasteiger partial charge on any atom is -0.507 e.